The van der Waals surface area contributed by atoms with Crippen LogP contribution in [0.4, 0.5) is 4.39 Å². The van der Waals surface area contributed by atoms with Gasteiger partial charge in [-0.3, -0.25) is 4.90 Å². The molecule has 21 heavy (non-hydrogen) atoms. The number of nitrogens with zero attached hydrogens (tertiary/aromatic N) is 1. The van der Waals surface area contributed by atoms with Crippen molar-refractivity contribution in [1.29, 1.82) is 0 Å². The van der Waals surface area contributed by atoms with Crippen molar-refractivity contribution in [3.8, 4) is 0 Å². The maximum Gasteiger partial charge on any atom is 0.128 e. The molecule has 0 aromatic heterocycles. The quantitative estimate of drug-likeness (QED) is 0.884. The normalized spacial score (nSPS) is 25.8. The van der Waals surface area contributed by atoms with Crippen molar-refractivity contribution in [1.82, 2.24) is 4.90 Å². The first-order valence-corrected chi connectivity index (χ1v) is 8.26. The lowest BCUT2D eigenvalue weighted by Crippen LogP contribution is -2.45. The summed E-state index contributed by atoms with van der Waals surface area (Å²) in [5.74, 6) is 0.684. The monoisotopic (exact) mass is 292 g/mol. The number of hydrogen-bond acceptors (Lipinski definition) is 2. The number of rotatable bonds is 5. The van der Waals surface area contributed by atoms with Crippen molar-refractivity contribution in [3.05, 3.63) is 35.6 Å². The molecule has 0 radical (unpaired) electrons. The Kier molecular flexibility index (Phi) is 5.77. The molecular formula is C18H29FN2. The molecule has 2 unspecified atom stereocenters. The van der Waals surface area contributed by atoms with Crippen LogP contribution in [-0.4, -0.2) is 24.0 Å². The van der Waals surface area contributed by atoms with Gasteiger partial charge in [-0.1, -0.05) is 32.0 Å². The molecule has 1 aliphatic carbocycles. The van der Waals surface area contributed by atoms with Crippen LogP contribution in [0, 0.1) is 11.7 Å². The highest BCUT2D eigenvalue weighted by atomic mass is 19.1. The molecule has 0 heterocycles. The Morgan fingerprint density at radius 2 is 1.86 bits per heavy atom. The van der Waals surface area contributed by atoms with E-state index in [-0.39, 0.29) is 17.9 Å². The standard InChI is InChI=1S/C18H29FN2/c1-4-17(20)18(15-7-5-6-8-16(15)19)21(3)14-11-9-13(2)10-12-14/h5-8,13-14,17-18H,4,9-12,20H2,1-3H3. The fourth-order valence-corrected chi connectivity index (χ4v) is 3.57. The van der Waals surface area contributed by atoms with E-state index in [9.17, 15) is 4.39 Å². The van der Waals surface area contributed by atoms with Gasteiger partial charge in [-0.2, -0.15) is 0 Å². The largest absolute Gasteiger partial charge is 0.326 e. The number of nitrogens with two attached hydrogens (primary N) is 1. The molecule has 0 spiro atoms. The molecule has 0 saturated heterocycles. The highest BCUT2D eigenvalue weighted by molar-refractivity contribution is 5.23. The Balaban J connectivity index is 2.22. The van der Waals surface area contributed by atoms with E-state index in [1.54, 1.807) is 12.1 Å². The highest BCUT2D eigenvalue weighted by Gasteiger charge is 2.31. The first kappa shape index (κ1) is 16.4. The molecule has 1 aliphatic rings. The third-order valence-electron chi connectivity index (χ3n) is 5.10. The van der Waals surface area contributed by atoms with Crippen LogP contribution < -0.4 is 5.73 Å². The second-order valence-corrected chi connectivity index (χ2v) is 6.62. The molecule has 0 bridgehead atoms. The van der Waals surface area contributed by atoms with Gasteiger partial charge < -0.3 is 5.73 Å². The van der Waals surface area contributed by atoms with E-state index in [1.165, 1.54) is 25.7 Å². The second kappa shape index (κ2) is 7.37. The van der Waals surface area contributed by atoms with Gasteiger partial charge in [0.05, 0.1) is 6.04 Å². The molecule has 2 atom stereocenters. The fraction of sp³-hybridized carbons (Fsp3) is 0.667. The van der Waals surface area contributed by atoms with Crippen LogP contribution in [0.1, 0.15) is 57.6 Å². The Bertz CT molecular complexity index is 441. The number of halogens is 1. The van der Waals surface area contributed by atoms with Crippen LogP contribution >= 0.6 is 0 Å². The molecule has 1 saturated carbocycles. The average Bonchev–Trinajstić information content (AvgIpc) is 2.49. The Morgan fingerprint density at radius 3 is 2.43 bits per heavy atom. The predicted octanol–water partition coefficient (Wildman–Crippen LogP) is 4.11. The van der Waals surface area contributed by atoms with Crippen LogP contribution in [0.5, 0.6) is 0 Å². The van der Waals surface area contributed by atoms with Crippen LogP contribution in [-0.2, 0) is 0 Å². The molecule has 3 heteroatoms. The molecule has 1 aromatic carbocycles. The van der Waals surface area contributed by atoms with E-state index in [0.717, 1.165) is 17.9 Å². The predicted molar refractivity (Wildman–Crippen MR) is 86.6 cm³/mol. The van der Waals surface area contributed by atoms with Gasteiger partial charge in [0.15, 0.2) is 0 Å². The molecule has 1 aromatic rings. The number of hydrogen-bond donors (Lipinski definition) is 1. The minimum atomic E-state index is -0.137. The van der Waals surface area contributed by atoms with Crippen molar-refractivity contribution in [2.24, 2.45) is 11.7 Å². The zero-order valence-electron chi connectivity index (χ0n) is 13.6. The third kappa shape index (κ3) is 3.83. The van der Waals surface area contributed by atoms with Gasteiger partial charge in [0.1, 0.15) is 5.82 Å². The maximum atomic E-state index is 14.2. The Hall–Kier alpha value is -0.930. The first-order chi connectivity index (χ1) is 10.0. The molecule has 0 aliphatic heterocycles. The summed E-state index contributed by atoms with van der Waals surface area (Å²) in [7, 11) is 2.12. The second-order valence-electron chi connectivity index (χ2n) is 6.62. The molecular weight excluding hydrogens is 263 g/mol. The summed E-state index contributed by atoms with van der Waals surface area (Å²) in [5.41, 5.74) is 7.09. The summed E-state index contributed by atoms with van der Waals surface area (Å²) >= 11 is 0. The van der Waals surface area contributed by atoms with Crippen molar-refractivity contribution < 1.29 is 4.39 Å². The third-order valence-corrected chi connectivity index (χ3v) is 5.10. The molecule has 2 nitrogen and oxygen atoms in total. The summed E-state index contributed by atoms with van der Waals surface area (Å²) in [4.78, 5) is 2.33. The van der Waals surface area contributed by atoms with Crippen molar-refractivity contribution in [2.45, 2.75) is 64.1 Å². The summed E-state index contributed by atoms with van der Waals surface area (Å²) in [6.45, 7) is 4.40. The SMILES string of the molecule is CCC(N)C(c1ccccc1F)N(C)C1CCC(C)CC1. The molecule has 0 amide bonds. The molecule has 2 N–H and O–H groups in total. The van der Waals surface area contributed by atoms with Gasteiger partial charge >= 0.3 is 0 Å². The lowest BCUT2D eigenvalue weighted by atomic mass is 9.85. The van der Waals surface area contributed by atoms with Gasteiger partial charge in [-0.25, -0.2) is 4.39 Å². The number of benzene rings is 1. The van der Waals surface area contributed by atoms with Crippen LogP contribution in [0.3, 0.4) is 0 Å². The van der Waals surface area contributed by atoms with Gasteiger partial charge in [-0.05, 0) is 51.1 Å². The summed E-state index contributed by atoms with van der Waals surface area (Å²) < 4.78 is 14.2. The van der Waals surface area contributed by atoms with Gasteiger partial charge in [0, 0.05) is 17.6 Å². The van der Waals surface area contributed by atoms with Gasteiger partial charge in [-0.15, -0.1) is 0 Å². The van der Waals surface area contributed by atoms with Gasteiger partial charge in [0.25, 0.3) is 0 Å². The lowest BCUT2D eigenvalue weighted by molar-refractivity contribution is 0.104. The summed E-state index contributed by atoms with van der Waals surface area (Å²) in [6, 6.07) is 7.53. The summed E-state index contributed by atoms with van der Waals surface area (Å²) in [5, 5.41) is 0. The molecule has 1 fully saturated rings. The van der Waals surface area contributed by atoms with Crippen LogP contribution in [0.2, 0.25) is 0 Å². The fourth-order valence-electron chi connectivity index (χ4n) is 3.57. The van der Waals surface area contributed by atoms with E-state index < -0.39 is 0 Å². The summed E-state index contributed by atoms with van der Waals surface area (Å²) in [6.07, 6.45) is 5.77. The topological polar surface area (TPSA) is 29.3 Å². The smallest absolute Gasteiger partial charge is 0.128 e. The van der Waals surface area contributed by atoms with Crippen LogP contribution in [0.25, 0.3) is 0 Å². The Labute approximate surface area is 128 Å². The first-order valence-electron chi connectivity index (χ1n) is 8.26. The van der Waals surface area contributed by atoms with E-state index in [4.69, 9.17) is 5.73 Å². The minimum Gasteiger partial charge on any atom is -0.326 e. The van der Waals surface area contributed by atoms with Crippen molar-refractivity contribution in [2.75, 3.05) is 7.05 Å². The van der Waals surface area contributed by atoms with Crippen molar-refractivity contribution >= 4 is 0 Å². The maximum absolute atomic E-state index is 14.2. The van der Waals surface area contributed by atoms with Crippen LogP contribution in [0.15, 0.2) is 24.3 Å². The van der Waals surface area contributed by atoms with E-state index in [1.807, 2.05) is 12.1 Å². The highest BCUT2D eigenvalue weighted by Crippen LogP contribution is 2.34. The van der Waals surface area contributed by atoms with E-state index in [2.05, 4.69) is 25.8 Å². The zero-order valence-corrected chi connectivity index (χ0v) is 13.6. The average molecular weight is 292 g/mol. The zero-order chi connectivity index (χ0) is 15.4. The molecule has 2 rings (SSSR count). The van der Waals surface area contributed by atoms with Gasteiger partial charge in [0.2, 0.25) is 0 Å². The van der Waals surface area contributed by atoms with E-state index in [0.29, 0.717) is 6.04 Å². The number of likely N-dealkylation sites (N-methyl/N-ethyl adjacent to an activating group) is 1. The molecule has 118 valence electrons. The lowest BCUT2D eigenvalue weighted by Gasteiger charge is -2.41. The van der Waals surface area contributed by atoms with Crippen molar-refractivity contribution in [3.63, 3.8) is 0 Å². The Morgan fingerprint density at radius 1 is 1.24 bits per heavy atom. The van der Waals surface area contributed by atoms with E-state index >= 15 is 0 Å². The minimum absolute atomic E-state index is 0.0328.